The van der Waals surface area contributed by atoms with Gasteiger partial charge in [-0.1, -0.05) is 6.92 Å². The van der Waals surface area contributed by atoms with Gasteiger partial charge in [0.15, 0.2) is 0 Å². The van der Waals surface area contributed by atoms with E-state index < -0.39 is 17.2 Å². The third-order valence-electron chi connectivity index (χ3n) is 8.66. The van der Waals surface area contributed by atoms with Gasteiger partial charge in [-0.05, 0) is 85.4 Å². The van der Waals surface area contributed by atoms with Crippen molar-refractivity contribution in [3.63, 3.8) is 0 Å². The first-order valence-corrected chi connectivity index (χ1v) is 14.3. The summed E-state index contributed by atoms with van der Waals surface area (Å²) in [7, 11) is 0. The van der Waals surface area contributed by atoms with E-state index in [4.69, 9.17) is 15.7 Å². The van der Waals surface area contributed by atoms with Crippen molar-refractivity contribution in [1.82, 2.24) is 19.6 Å². The van der Waals surface area contributed by atoms with Crippen molar-refractivity contribution in [2.45, 2.75) is 69.1 Å². The number of aromatic nitrogens is 4. The van der Waals surface area contributed by atoms with Crippen molar-refractivity contribution in [3.8, 4) is 17.3 Å². The highest BCUT2D eigenvalue weighted by Crippen LogP contribution is 2.43. The maximum atomic E-state index is 15.2. The van der Waals surface area contributed by atoms with Gasteiger partial charge in [0.05, 0.1) is 65.7 Å². The van der Waals surface area contributed by atoms with Crippen LogP contribution in [0.4, 0.5) is 20.4 Å². The Morgan fingerprint density at radius 2 is 1.98 bits per heavy atom. The normalized spacial score (nSPS) is 23.3. The number of nitriles is 1. The number of imidazole rings is 1. The van der Waals surface area contributed by atoms with E-state index >= 15 is 8.78 Å². The fourth-order valence-corrected chi connectivity index (χ4v) is 6.32. The van der Waals surface area contributed by atoms with E-state index in [0.717, 1.165) is 24.1 Å². The van der Waals surface area contributed by atoms with Crippen LogP contribution in [0.25, 0.3) is 16.8 Å². The lowest BCUT2D eigenvalue weighted by Crippen LogP contribution is -2.46. The lowest BCUT2D eigenvalue weighted by molar-refractivity contribution is -0.0392. The lowest BCUT2D eigenvalue weighted by atomic mass is 9.74. The largest absolute Gasteiger partial charge is 0.385 e. The number of nitrogens with two attached hydrogens (primary N) is 1. The van der Waals surface area contributed by atoms with E-state index in [9.17, 15) is 5.11 Å². The first-order valence-electron chi connectivity index (χ1n) is 14.3. The molecule has 218 valence electrons. The molecule has 0 unspecified atom stereocenters. The molecule has 1 aromatic carbocycles. The summed E-state index contributed by atoms with van der Waals surface area (Å²) in [6.07, 6.45) is 8.64. The zero-order chi connectivity index (χ0) is 29.4. The number of fused-ring (bicyclic) bond motifs is 1. The summed E-state index contributed by atoms with van der Waals surface area (Å²) < 4.78 is 37.9. The number of nitrogens with one attached hydrogen (secondary N) is 1. The molecule has 4 aromatic rings. The van der Waals surface area contributed by atoms with Crippen LogP contribution in [0.1, 0.15) is 62.5 Å². The van der Waals surface area contributed by atoms with E-state index in [1.165, 1.54) is 16.6 Å². The van der Waals surface area contributed by atoms with Crippen molar-refractivity contribution in [3.05, 3.63) is 71.7 Å². The fourth-order valence-electron chi connectivity index (χ4n) is 6.32. The van der Waals surface area contributed by atoms with Gasteiger partial charge in [-0.15, -0.1) is 0 Å². The number of benzene rings is 1. The Kier molecular flexibility index (Phi) is 7.62. The Hall–Kier alpha value is -3.98. The zero-order valence-electron chi connectivity index (χ0n) is 23.3. The molecule has 4 N–H and O–H groups in total. The Balaban J connectivity index is 1.27. The van der Waals surface area contributed by atoms with Crippen LogP contribution in [0.15, 0.2) is 48.9 Å². The molecule has 4 atom stereocenters. The molecule has 11 heteroatoms. The molecule has 3 aromatic heterocycles. The summed E-state index contributed by atoms with van der Waals surface area (Å²) in [6, 6.07) is 9.53. The van der Waals surface area contributed by atoms with Crippen LogP contribution in [0, 0.1) is 28.9 Å². The van der Waals surface area contributed by atoms with Crippen LogP contribution >= 0.6 is 0 Å². The minimum atomic E-state index is -1.17. The molecule has 3 heterocycles. The molecular formula is C31H33F2N7O2. The number of pyridine rings is 1. The lowest BCUT2D eigenvalue weighted by Gasteiger charge is -2.39. The van der Waals surface area contributed by atoms with E-state index in [-0.39, 0.29) is 40.8 Å². The topological polar surface area (TPSA) is 134 Å². The maximum absolute atomic E-state index is 15.2. The monoisotopic (exact) mass is 573 g/mol. The second-order valence-electron chi connectivity index (χ2n) is 11.5. The summed E-state index contributed by atoms with van der Waals surface area (Å²) in [5.74, 6) is -0.861. The van der Waals surface area contributed by atoms with Crippen LogP contribution in [0.2, 0.25) is 0 Å². The molecule has 0 radical (unpaired) electrons. The molecule has 9 nitrogen and oxygen atoms in total. The minimum absolute atomic E-state index is 0.103. The first kappa shape index (κ1) is 28.2. The number of hydrogen-bond donors (Lipinski definition) is 3. The molecule has 0 amide bonds. The van der Waals surface area contributed by atoms with Gasteiger partial charge in [-0.25, -0.2) is 13.8 Å². The summed E-state index contributed by atoms with van der Waals surface area (Å²) in [5, 5.41) is 27.3. The van der Waals surface area contributed by atoms with Crippen molar-refractivity contribution in [2.75, 3.05) is 11.9 Å². The van der Waals surface area contributed by atoms with Gasteiger partial charge in [-0.3, -0.25) is 4.98 Å². The third kappa shape index (κ3) is 5.22. The molecule has 42 heavy (non-hydrogen) atoms. The molecule has 0 bridgehead atoms. The fraction of sp³-hybridized carbons (Fsp3) is 0.419. The Bertz CT molecular complexity index is 1610. The Morgan fingerprint density at radius 1 is 1.19 bits per heavy atom. The Labute approximate surface area is 242 Å². The molecule has 2 aliphatic rings. The van der Waals surface area contributed by atoms with Gasteiger partial charge >= 0.3 is 0 Å². The van der Waals surface area contributed by atoms with Crippen molar-refractivity contribution in [1.29, 1.82) is 5.26 Å². The van der Waals surface area contributed by atoms with Crippen LogP contribution in [0.3, 0.4) is 0 Å². The highest BCUT2D eigenvalue weighted by atomic mass is 19.1. The number of aliphatic hydroxyl groups is 1. The third-order valence-corrected chi connectivity index (χ3v) is 8.66. The van der Waals surface area contributed by atoms with Gasteiger partial charge in [0.2, 0.25) is 5.95 Å². The number of hydrogen-bond acceptors (Lipinski definition) is 8. The number of anilines is 2. The van der Waals surface area contributed by atoms with Crippen molar-refractivity contribution >= 4 is 17.2 Å². The predicted molar refractivity (Wildman–Crippen MR) is 153 cm³/mol. The molecule has 0 saturated heterocycles. The van der Waals surface area contributed by atoms with Crippen LogP contribution < -0.4 is 11.1 Å². The molecule has 2 aliphatic carbocycles. The summed E-state index contributed by atoms with van der Waals surface area (Å²) >= 11 is 0. The molecule has 6 rings (SSSR count). The molecule has 0 aliphatic heterocycles. The average Bonchev–Trinajstić information content (AvgIpc) is 3.35. The van der Waals surface area contributed by atoms with Gasteiger partial charge in [-0.2, -0.15) is 14.9 Å². The summed E-state index contributed by atoms with van der Waals surface area (Å²) in [6.45, 7) is 2.48. The number of rotatable bonds is 8. The second kappa shape index (κ2) is 11.4. The molecule has 2 fully saturated rings. The van der Waals surface area contributed by atoms with E-state index in [0.29, 0.717) is 43.8 Å². The van der Waals surface area contributed by atoms with Crippen molar-refractivity contribution < 1.29 is 18.6 Å². The van der Waals surface area contributed by atoms with Gasteiger partial charge in [0.25, 0.3) is 0 Å². The highest BCUT2D eigenvalue weighted by molar-refractivity contribution is 5.66. The maximum Gasteiger partial charge on any atom is 0.229 e. The summed E-state index contributed by atoms with van der Waals surface area (Å²) in [5.41, 5.74) is 7.85. The first-order chi connectivity index (χ1) is 20.3. The average molecular weight is 574 g/mol. The van der Waals surface area contributed by atoms with E-state index in [2.05, 4.69) is 33.4 Å². The predicted octanol–water partition coefficient (Wildman–Crippen LogP) is 5.32. The SMILES string of the molecule is C[C@H]1C[C@@H](c2ccncc2Nc2ncc3ccc(-c4c(F)cc(C5(O)CCC5)cc4F)nn23)C[C@@H](N)[C@H]1OCCC#N. The smallest absolute Gasteiger partial charge is 0.229 e. The Morgan fingerprint density at radius 3 is 2.67 bits per heavy atom. The number of ether oxygens (including phenoxy) is 1. The van der Waals surface area contributed by atoms with E-state index in [1.807, 2.05) is 6.07 Å². The molecule has 2 saturated carbocycles. The van der Waals surface area contributed by atoms with Crippen LogP contribution in [0.5, 0.6) is 0 Å². The highest BCUT2D eigenvalue weighted by Gasteiger charge is 2.38. The number of nitrogens with zero attached hydrogens (tertiary/aromatic N) is 5. The second-order valence-corrected chi connectivity index (χ2v) is 11.5. The van der Waals surface area contributed by atoms with Crippen LogP contribution in [-0.2, 0) is 10.3 Å². The van der Waals surface area contributed by atoms with E-state index in [1.54, 1.807) is 30.7 Å². The van der Waals surface area contributed by atoms with Crippen LogP contribution in [-0.4, -0.2) is 43.4 Å². The minimum Gasteiger partial charge on any atom is -0.385 e. The molecular weight excluding hydrogens is 540 g/mol. The summed E-state index contributed by atoms with van der Waals surface area (Å²) in [4.78, 5) is 8.78. The van der Waals surface area contributed by atoms with Gasteiger partial charge in [0.1, 0.15) is 11.6 Å². The van der Waals surface area contributed by atoms with Gasteiger partial charge in [0, 0.05) is 12.2 Å². The van der Waals surface area contributed by atoms with Crippen molar-refractivity contribution in [2.24, 2.45) is 11.7 Å². The van der Waals surface area contributed by atoms with Gasteiger partial charge < -0.3 is 20.9 Å². The quantitative estimate of drug-likeness (QED) is 0.241. The molecule has 0 spiro atoms. The number of halogens is 2. The zero-order valence-corrected chi connectivity index (χ0v) is 23.3. The standard InChI is InChI=1S/C31H33F2N7O2/c1-18-12-19(13-25(35)29(18)42-11-3-9-34)22-6-10-36-17-27(22)38-30-37-16-21-4-5-26(39-40(21)30)28-23(32)14-20(15-24(28)33)31(41)7-2-8-31/h4-6,10,14-19,25,29,41H,2-3,7-8,11-13,35H2,1H3,(H,37,38)/t18-,19+,25+,29-/m0/s1.